The summed E-state index contributed by atoms with van der Waals surface area (Å²) in [5.41, 5.74) is 8.83. The molecule has 13 heavy (non-hydrogen) atoms. The molecule has 0 spiro atoms. The number of halogens is 1. The molecule has 0 aliphatic rings. The van der Waals surface area contributed by atoms with Crippen LogP contribution in [0.3, 0.4) is 0 Å². The Kier molecular flexibility index (Phi) is 20.3. The van der Waals surface area contributed by atoms with Crippen molar-refractivity contribution in [2.24, 2.45) is 0 Å². The number of nitrogens with one attached hydrogen (secondary N) is 1. The number of rotatable bonds is 4. The Balaban J connectivity index is -0.000000309. The molecule has 0 saturated carbocycles. The minimum atomic E-state index is -0.217. The van der Waals surface area contributed by atoms with Crippen LogP contribution in [0.2, 0.25) is 0 Å². The van der Waals surface area contributed by atoms with Crippen molar-refractivity contribution in [1.82, 2.24) is 0 Å². The van der Waals surface area contributed by atoms with Gasteiger partial charge in [0.05, 0.1) is 11.3 Å². The molecule has 0 heterocycles. The van der Waals surface area contributed by atoms with Crippen LogP contribution in [-0.2, 0) is 17.3 Å². The maximum absolute atomic E-state index is 7.15. The SMILES string of the molecule is CC(C)[PH+](CC[NH-])C(C)C.[CH3-].[Cl][Ru+3]. The predicted molar refractivity (Wildman–Crippen MR) is 64.9 cm³/mol. The fourth-order valence-corrected chi connectivity index (χ4v) is 4.17. The third-order valence-electron chi connectivity index (χ3n) is 1.90. The molecule has 0 radical (unpaired) electrons. The molecule has 0 aliphatic carbocycles. The van der Waals surface area contributed by atoms with Gasteiger partial charge >= 0.3 is 27.0 Å². The first-order valence-corrected chi connectivity index (χ1v) is 8.33. The molecule has 0 aromatic carbocycles. The van der Waals surface area contributed by atoms with E-state index < -0.39 is 0 Å². The molecular weight excluding hydrogens is 290 g/mol. The van der Waals surface area contributed by atoms with Crippen molar-refractivity contribution in [2.75, 3.05) is 12.7 Å². The molecule has 4 heteroatoms. The summed E-state index contributed by atoms with van der Waals surface area (Å²) in [6.45, 7) is 9.81. The van der Waals surface area contributed by atoms with E-state index in [-0.39, 0.29) is 15.3 Å². The van der Waals surface area contributed by atoms with Gasteiger partial charge in [-0.05, 0) is 27.7 Å². The molecule has 0 rings (SSSR count). The fourth-order valence-electron chi connectivity index (χ4n) is 1.39. The van der Waals surface area contributed by atoms with Gasteiger partial charge in [-0.2, -0.15) is 0 Å². The van der Waals surface area contributed by atoms with E-state index in [1.807, 2.05) is 17.3 Å². The molecule has 0 aliphatic heterocycles. The summed E-state index contributed by atoms with van der Waals surface area (Å²) >= 11 is 1.82. The van der Waals surface area contributed by atoms with Crippen molar-refractivity contribution < 1.29 is 17.3 Å². The van der Waals surface area contributed by atoms with Crippen LogP contribution < -0.4 is 0 Å². The van der Waals surface area contributed by atoms with Crippen LogP contribution in [0.15, 0.2) is 0 Å². The average molecular weight is 313 g/mol. The van der Waals surface area contributed by atoms with Crippen LogP contribution >= 0.6 is 17.6 Å². The summed E-state index contributed by atoms with van der Waals surface area (Å²) in [5.74, 6) is 0. The van der Waals surface area contributed by atoms with Gasteiger partial charge in [-0.3, -0.25) is 0 Å². The molecule has 0 amide bonds. The Hall–Kier alpha value is 1.30. The fraction of sp³-hybridized carbons (Fsp3) is 0.889. The molecular formula is C9H23ClNPRu+2. The minimum absolute atomic E-state index is 0. The van der Waals surface area contributed by atoms with Crippen molar-refractivity contribution in [3.63, 3.8) is 0 Å². The first-order valence-electron chi connectivity index (χ1n) is 4.23. The summed E-state index contributed by atoms with van der Waals surface area (Å²) in [6, 6.07) is 0. The van der Waals surface area contributed by atoms with Crippen LogP contribution in [0.1, 0.15) is 27.7 Å². The van der Waals surface area contributed by atoms with Crippen LogP contribution in [0.5, 0.6) is 0 Å². The first kappa shape index (κ1) is 19.8. The molecule has 0 unspecified atom stereocenters. The van der Waals surface area contributed by atoms with E-state index in [0.717, 1.165) is 11.3 Å². The average Bonchev–Trinajstić information content (AvgIpc) is 2.03. The van der Waals surface area contributed by atoms with Crippen molar-refractivity contribution in [2.45, 2.75) is 39.0 Å². The molecule has 0 aromatic rings. The first-order chi connectivity index (χ1) is 5.59. The van der Waals surface area contributed by atoms with E-state index in [4.69, 9.17) is 5.73 Å². The van der Waals surface area contributed by atoms with Crippen molar-refractivity contribution in [3.05, 3.63) is 13.2 Å². The molecule has 82 valence electrons. The van der Waals surface area contributed by atoms with E-state index in [2.05, 4.69) is 37.4 Å². The van der Waals surface area contributed by atoms with Crippen molar-refractivity contribution in [1.29, 1.82) is 0 Å². The second-order valence-corrected chi connectivity index (χ2v) is 7.34. The Morgan fingerprint density at radius 2 is 1.46 bits per heavy atom. The van der Waals surface area contributed by atoms with Gasteiger partial charge < -0.3 is 13.2 Å². The van der Waals surface area contributed by atoms with Gasteiger partial charge in [0.2, 0.25) is 0 Å². The Morgan fingerprint density at radius 3 is 1.54 bits per heavy atom. The van der Waals surface area contributed by atoms with Crippen molar-refractivity contribution in [3.8, 4) is 0 Å². The van der Waals surface area contributed by atoms with E-state index in [1.165, 1.54) is 6.16 Å². The molecule has 1 N–H and O–H groups in total. The van der Waals surface area contributed by atoms with Gasteiger partial charge in [0.25, 0.3) is 0 Å². The third-order valence-corrected chi connectivity index (χ3v) is 5.69. The molecule has 0 fully saturated rings. The Labute approximate surface area is 99.7 Å². The second-order valence-electron chi connectivity index (χ2n) is 3.38. The van der Waals surface area contributed by atoms with Gasteiger partial charge in [-0.15, -0.1) is 6.54 Å². The Bertz CT molecular complexity index is 83.7. The maximum atomic E-state index is 7.15. The standard InChI is InChI=1S/C8H19NP.CH3.ClH.Ru/c1-7(2)10(6-5-9)8(3)4;;;/h7-9H,5-6H2,1-4H3;1H3;1H;/q2*-1;;+4. The summed E-state index contributed by atoms with van der Waals surface area (Å²) in [7, 11) is 4.35. The molecule has 0 atom stereocenters. The zero-order valence-corrected chi connectivity index (χ0v) is 12.8. The van der Waals surface area contributed by atoms with Crippen LogP contribution in [0.25, 0.3) is 5.73 Å². The Morgan fingerprint density at radius 1 is 1.15 bits per heavy atom. The van der Waals surface area contributed by atoms with Gasteiger partial charge in [0, 0.05) is 14.1 Å². The van der Waals surface area contributed by atoms with Crippen molar-refractivity contribution >= 4 is 17.6 Å². The summed E-state index contributed by atoms with van der Waals surface area (Å²) in [4.78, 5) is 0. The van der Waals surface area contributed by atoms with E-state index >= 15 is 0 Å². The van der Waals surface area contributed by atoms with Gasteiger partial charge in [0.15, 0.2) is 0 Å². The van der Waals surface area contributed by atoms with Crippen LogP contribution in [0, 0.1) is 7.43 Å². The normalized spacial score (nSPS) is 9.62. The number of hydrogen-bond acceptors (Lipinski definition) is 0. The quantitative estimate of drug-likeness (QED) is 0.422. The molecule has 1 nitrogen and oxygen atoms in total. The number of hydrogen-bond donors (Lipinski definition) is 0. The summed E-state index contributed by atoms with van der Waals surface area (Å²) < 4.78 is 0. The summed E-state index contributed by atoms with van der Waals surface area (Å²) in [5, 5.41) is 0. The van der Waals surface area contributed by atoms with Crippen LogP contribution in [0.4, 0.5) is 0 Å². The van der Waals surface area contributed by atoms with Gasteiger partial charge in [-0.1, -0.05) is 0 Å². The third kappa shape index (κ3) is 11.2. The monoisotopic (exact) mass is 313 g/mol. The van der Waals surface area contributed by atoms with E-state index in [9.17, 15) is 0 Å². The van der Waals surface area contributed by atoms with Gasteiger partial charge in [0.1, 0.15) is 0 Å². The molecule has 0 saturated heterocycles. The molecule has 0 bridgehead atoms. The van der Waals surface area contributed by atoms with Crippen LogP contribution in [-0.4, -0.2) is 24.0 Å². The molecule has 0 aromatic heterocycles. The summed E-state index contributed by atoms with van der Waals surface area (Å²) in [6.07, 6.45) is 1.17. The second kappa shape index (κ2) is 13.3. The zero-order chi connectivity index (χ0) is 10.1. The van der Waals surface area contributed by atoms with E-state index in [1.54, 1.807) is 0 Å². The van der Waals surface area contributed by atoms with E-state index in [0.29, 0.717) is 6.54 Å². The zero-order valence-electron chi connectivity index (χ0n) is 9.30. The topological polar surface area (TPSA) is 23.8 Å². The van der Waals surface area contributed by atoms with Gasteiger partial charge in [-0.25, -0.2) is 0 Å². The predicted octanol–water partition coefficient (Wildman–Crippen LogP) is 4.21.